The van der Waals surface area contributed by atoms with Crippen LogP contribution >= 0.6 is 0 Å². The summed E-state index contributed by atoms with van der Waals surface area (Å²) in [6.07, 6.45) is 3.43. The summed E-state index contributed by atoms with van der Waals surface area (Å²) in [5.41, 5.74) is 0. The molecule has 21 heavy (non-hydrogen) atoms. The highest BCUT2D eigenvalue weighted by atomic mass is 16.5. The zero-order chi connectivity index (χ0) is 15.2. The molecule has 0 unspecified atom stereocenters. The van der Waals surface area contributed by atoms with Crippen molar-refractivity contribution in [1.29, 1.82) is 0 Å². The van der Waals surface area contributed by atoms with Crippen LogP contribution in [-0.2, 0) is 9.53 Å². The molecule has 0 radical (unpaired) electrons. The molecule has 2 rings (SSSR count). The number of nitrogens with zero attached hydrogens (tertiary/aromatic N) is 2. The quantitative estimate of drug-likeness (QED) is 0.681. The lowest BCUT2D eigenvalue weighted by atomic mass is 10.1. The molecule has 1 saturated heterocycles. The average Bonchev–Trinajstić information content (AvgIpc) is 3.30. The van der Waals surface area contributed by atoms with Crippen molar-refractivity contribution < 1.29 is 9.53 Å². The van der Waals surface area contributed by atoms with Crippen molar-refractivity contribution in [3.05, 3.63) is 0 Å². The standard InChI is InChI=1S/C16H31N3O2/c1-4-15-12-19(9-8-18(15)10-11-21-5-2)13(3)16(20)17-14-6-7-14/h13-15H,4-12H2,1-3H3,(H,17,20)/t13-,15+/m0/s1. The zero-order valence-electron chi connectivity index (χ0n) is 13.8. The van der Waals surface area contributed by atoms with E-state index in [2.05, 4.69) is 22.0 Å². The number of carbonyl (C=O) groups excluding carboxylic acids is 1. The third-order valence-electron chi connectivity index (χ3n) is 4.69. The largest absolute Gasteiger partial charge is 0.380 e. The SMILES string of the molecule is CCOCCN1CCN([C@@H](C)C(=O)NC2CC2)C[C@H]1CC. The summed E-state index contributed by atoms with van der Waals surface area (Å²) < 4.78 is 5.47. The van der Waals surface area contributed by atoms with Crippen molar-refractivity contribution >= 4 is 5.91 Å². The van der Waals surface area contributed by atoms with Gasteiger partial charge < -0.3 is 10.1 Å². The molecule has 1 aliphatic carbocycles. The molecule has 2 aliphatic rings. The van der Waals surface area contributed by atoms with Gasteiger partial charge in [0.15, 0.2) is 0 Å². The lowest BCUT2D eigenvalue weighted by molar-refractivity contribution is -0.127. The average molecular weight is 297 g/mol. The number of hydrogen-bond donors (Lipinski definition) is 1. The van der Waals surface area contributed by atoms with Crippen LogP contribution in [0, 0.1) is 0 Å². The lowest BCUT2D eigenvalue weighted by Crippen LogP contribution is -2.58. The summed E-state index contributed by atoms with van der Waals surface area (Å²) in [4.78, 5) is 17.0. The minimum atomic E-state index is -0.00584. The van der Waals surface area contributed by atoms with Gasteiger partial charge in [0.25, 0.3) is 0 Å². The van der Waals surface area contributed by atoms with Crippen LogP contribution in [0.1, 0.15) is 40.0 Å². The Hall–Kier alpha value is -0.650. The van der Waals surface area contributed by atoms with E-state index >= 15 is 0 Å². The van der Waals surface area contributed by atoms with E-state index in [4.69, 9.17) is 4.74 Å². The predicted molar refractivity (Wildman–Crippen MR) is 84.3 cm³/mol. The van der Waals surface area contributed by atoms with E-state index in [0.29, 0.717) is 12.1 Å². The minimum absolute atomic E-state index is 0.00584. The van der Waals surface area contributed by atoms with E-state index in [1.807, 2.05) is 13.8 Å². The van der Waals surface area contributed by atoms with E-state index in [9.17, 15) is 4.79 Å². The smallest absolute Gasteiger partial charge is 0.237 e. The number of piperazine rings is 1. The van der Waals surface area contributed by atoms with E-state index in [1.54, 1.807) is 0 Å². The molecular formula is C16H31N3O2. The van der Waals surface area contributed by atoms with Gasteiger partial charge >= 0.3 is 0 Å². The van der Waals surface area contributed by atoms with Crippen molar-refractivity contribution in [1.82, 2.24) is 15.1 Å². The first-order chi connectivity index (χ1) is 10.2. The van der Waals surface area contributed by atoms with Gasteiger partial charge in [0.05, 0.1) is 12.6 Å². The fourth-order valence-electron chi connectivity index (χ4n) is 2.99. The maximum absolute atomic E-state index is 12.2. The van der Waals surface area contributed by atoms with Gasteiger partial charge in [0, 0.05) is 44.9 Å². The molecule has 0 aromatic carbocycles. The molecule has 2 atom stereocenters. The molecule has 0 spiro atoms. The molecule has 122 valence electrons. The second-order valence-corrected chi connectivity index (χ2v) is 6.25. The Balaban J connectivity index is 1.79. The van der Waals surface area contributed by atoms with Crippen LogP contribution in [0.25, 0.3) is 0 Å². The number of amides is 1. The molecule has 1 saturated carbocycles. The van der Waals surface area contributed by atoms with Crippen molar-refractivity contribution in [2.24, 2.45) is 0 Å². The highest BCUT2D eigenvalue weighted by Crippen LogP contribution is 2.20. The van der Waals surface area contributed by atoms with Gasteiger partial charge in [0.2, 0.25) is 5.91 Å². The van der Waals surface area contributed by atoms with Crippen LogP contribution in [-0.4, -0.2) is 73.2 Å². The number of rotatable bonds is 8. The third-order valence-corrected chi connectivity index (χ3v) is 4.69. The van der Waals surface area contributed by atoms with Gasteiger partial charge in [-0.2, -0.15) is 0 Å². The van der Waals surface area contributed by atoms with Crippen LogP contribution in [0.3, 0.4) is 0 Å². The van der Waals surface area contributed by atoms with E-state index in [1.165, 1.54) is 0 Å². The molecule has 1 N–H and O–H groups in total. The first-order valence-corrected chi connectivity index (χ1v) is 8.51. The minimum Gasteiger partial charge on any atom is -0.380 e. The van der Waals surface area contributed by atoms with E-state index in [0.717, 1.165) is 58.7 Å². The monoisotopic (exact) mass is 297 g/mol. The topological polar surface area (TPSA) is 44.8 Å². The van der Waals surface area contributed by atoms with Gasteiger partial charge in [-0.1, -0.05) is 6.92 Å². The fraction of sp³-hybridized carbons (Fsp3) is 0.938. The fourth-order valence-corrected chi connectivity index (χ4v) is 2.99. The highest BCUT2D eigenvalue weighted by molar-refractivity contribution is 5.81. The van der Waals surface area contributed by atoms with Gasteiger partial charge in [0.1, 0.15) is 0 Å². The van der Waals surface area contributed by atoms with Gasteiger partial charge in [-0.3, -0.25) is 14.6 Å². The van der Waals surface area contributed by atoms with Crippen molar-refractivity contribution in [3.63, 3.8) is 0 Å². The molecular weight excluding hydrogens is 266 g/mol. The summed E-state index contributed by atoms with van der Waals surface area (Å²) in [5, 5.41) is 3.12. The zero-order valence-corrected chi connectivity index (χ0v) is 13.8. The number of nitrogens with one attached hydrogen (secondary N) is 1. The maximum atomic E-state index is 12.2. The number of ether oxygens (including phenoxy) is 1. The normalized spacial score (nSPS) is 25.8. The molecule has 5 heteroatoms. The maximum Gasteiger partial charge on any atom is 0.237 e. The Morgan fingerprint density at radius 3 is 2.71 bits per heavy atom. The predicted octanol–water partition coefficient (Wildman–Crippen LogP) is 1.09. The lowest BCUT2D eigenvalue weighted by Gasteiger charge is -2.43. The van der Waals surface area contributed by atoms with Crippen LogP contribution in [0.5, 0.6) is 0 Å². The van der Waals surface area contributed by atoms with Crippen molar-refractivity contribution in [3.8, 4) is 0 Å². The first-order valence-electron chi connectivity index (χ1n) is 8.51. The second-order valence-electron chi connectivity index (χ2n) is 6.25. The summed E-state index contributed by atoms with van der Waals surface area (Å²) in [7, 11) is 0. The van der Waals surface area contributed by atoms with Gasteiger partial charge in [-0.25, -0.2) is 0 Å². The molecule has 0 aromatic rings. The van der Waals surface area contributed by atoms with E-state index in [-0.39, 0.29) is 11.9 Å². The third kappa shape index (κ3) is 4.94. The molecule has 1 heterocycles. The highest BCUT2D eigenvalue weighted by Gasteiger charge is 2.32. The van der Waals surface area contributed by atoms with Gasteiger partial charge in [-0.15, -0.1) is 0 Å². The molecule has 0 bridgehead atoms. The summed E-state index contributed by atoms with van der Waals surface area (Å²) in [6, 6.07) is 0.985. The number of carbonyl (C=O) groups is 1. The molecule has 0 aromatic heterocycles. The number of hydrogen-bond acceptors (Lipinski definition) is 4. The Morgan fingerprint density at radius 2 is 2.10 bits per heavy atom. The van der Waals surface area contributed by atoms with Crippen molar-refractivity contribution in [2.45, 2.75) is 58.2 Å². The van der Waals surface area contributed by atoms with Crippen LogP contribution in [0.15, 0.2) is 0 Å². The summed E-state index contributed by atoms with van der Waals surface area (Å²) in [6.45, 7) is 11.9. The van der Waals surface area contributed by atoms with Crippen molar-refractivity contribution in [2.75, 3.05) is 39.4 Å². The Bertz CT molecular complexity index is 333. The Labute approximate surface area is 129 Å². The summed E-state index contributed by atoms with van der Waals surface area (Å²) in [5.74, 6) is 0.204. The Morgan fingerprint density at radius 1 is 1.33 bits per heavy atom. The molecule has 2 fully saturated rings. The van der Waals surface area contributed by atoms with Gasteiger partial charge in [-0.05, 0) is 33.1 Å². The molecule has 1 amide bonds. The molecule has 5 nitrogen and oxygen atoms in total. The van der Waals surface area contributed by atoms with Crippen LogP contribution < -0.4 is 5.32 Å². The molecule has 1 aliphatic heterocycles. The van der Waals surface area contributed by atoms with Crippen LogP contribution in [0.4, 0.5) is 0 Å². The second kappa shape index (κ2) is 8.11. The summed E-state index contributed by atoms with van der Waals surface area (Å²) >= 11 is 0. The van der Waals surface area contributed by atoms with E-state index < -0.39 is 0 Å². The first kappa shape index (κ1) is 16.7. The van der Waals surface area contributed by atoms with Crippen LogP contribution in [0.2, 0.25) is 0 Å². The Kier molecular flexibility index (Phi) is 6.45.